The Morgan fingerprint density at radius 2 is 1.03 bits per heavy atom. The first-order valence-corrected chi connectivity index (χ1v) is 7.02. The molecule has 0 aromatic rings. The molecule has 0 saturated heterocycles. The molecule has 0 aliphatic carbocycles. The summed E-state index contributed by atoms with van der Waals surface area (Å²) in [7, 11) is 0. The number of alkyl halides is 16. The van der Waals surface area contributed by atoms with E-state index in [2.05, 4.69) is 4.74 Å². The highest BCUT2D eigenvalue weighted by Crippen LogP contribution is 2.61. The Balaban J connectivity index is 6.38. The molecule has 1 atom stereocenters. The van der Waals surface area contributed by atoms with Crippen molar-refractivity contribution in [2.24, 2.45) is 5.92 Å². The molecule has 0 rings (SSSR count). The smallest absolute Gasteiger partial charge is 0.460 e. The third-order valence-corrected chi connectivity index (χ3v) is 3.43. The largest absolute Gasteiger partial charge is 0.466 e. The second-order valence-electron chi connectivity index (χ2n) is 5.55. The van der Waals surface area contributed by atoms with Crippen molar-refractivity contribution >= 4 is 5.97 Å². The van der Waals surface area contributed by atoms with E-state index in [-0.39, 0.29) is 0 Å². The SMILES string of the molecule is CCOC(=O)C(CC(F)(F)C(F)(F)C(F)(F)C(F)(F)C(F)(F)C(F)(F)F)C(F)(F)F. The molecule has 18 heteroatoms. The van der Waals surface area contributed by atoms with Gasteiger partial charge in [-0.3, -0.25) is 4.79 Å². The fraction of sp³-hybridized carbons (Fsp3) is 0.917. The summed E-state index contributed by atoms with van der Waals surface area (Å²) in [6.07, 6.45) is -17.6. The zero-order valence-corrected chi connectivity index (χ0v) is 13.9. The van der Waals surface area contributed by atoms with Gasteiger partial charge in [-0.05, 0) is 6.92 Å². The monoisotopic (exact) mass is 488 g/mol. The van der Waals surface area contributed by atoms with Gasteiger partial charge >= 0.3 is 47.9 Å². The van der Waals surface area contributed by atoms with Crippen LogP contribution in [-0.2, 0) is 9.53 Å². The molecule has 30 heavy (non-hydrogen) atoms. The number of ether oxygens (including phenoxy) is 1. The molecule has 0 aromatic carbocycles. The van der Waals surface area contributed by atoms with E-state index in [1.807, 2.05) is 0 Å². The molecule has 0 radical (unpaired) electrons. The maximum absolute atomic E-state index is 13.5. The van der Waals surface area contributed by atoms with Gasteiger partial charge in [0.1, 0.15) is 0 Å². The molecular weight excluding hydrogens is 480 g/mol. The maximum Gasteiger partial charge on any atom is 0.460 e. The molecule has 0 N–H and O–H groups in total. The van der Waals surface area contributed by atoms with Crippen molar-refractivity contribution in [3.05, 3.63) is 0 Å². The Hall–Kier alpha value is -1.65. The van der Waals surface area contributed by atoms with Crippen molar-refractivity contribution in [2.45, 2.75) is 55.3 Å². The Kier molecular flexibility index (Phi) is 7.37. The van der Waals surface area contributed by atoms with Crippen LogP contribution in [0.5, 0.6) is 0 Å². The van der Waals surface area contributed by atoms with Gasteiger partial charge in [-0.1, -0.05) is 0 Å². The third kappa shape index (κ3) is 4.50. The highest BCUT2D eigenvalue weighted by Gasteiger charge is 2.90. The molecule has 0 fully saturated rings. The molecular formula is C12H8F16O2. The standard InChI is InChI=1S/C12H8F16O2/c1-2-30-5(29)4(7(15,16)17)3-6(13,14)8(18,19)9(20,21)10(22,23)11(24,25)12(26,27)28/h4H,2-3H2,1H3. The summed E-state index contributed by atoms with van der Waals surface area (Å²) in [5.74, 6) is -46.6. The third-order valence-electron chi connectivity index (χ3n) is 3.43. The van der Waals surface area contributed by atoms with Gasteiger partial charge in [0, 0.05) is 6.42 Å². The van der Waals surface area contributed by atoms with Gasteiger partial charge in [-0.15, -0.1) is 0 Å². The van der Waals surface area contributed by atoms with Crippen molar-refractivity contribution < 1.29 is 79.8 Å². The van der Waals surface area contributed by atoms with Crippen LogP contribution in [0.2, 0.25) is 0 Å². The summed E-state index contributed by atoms with van der Waals surface area (Å²) < 4.78 is 209. The normalized spacial score (nSPS) is 16.4. The highest BCUT2D eigenvalue weighted by molar-refractivity contribution is 5.73. The van der Waals surface area contributed by atoms with Crippen molar-refractivity contribution in [3.8, 4) is 0 Å². The van der Waals surface area contributed by atoms with Crippen molar-refractivity contribution in [3.63, 3.8) is 0 Å². The van der Waals surface area contributed by atoms with Crippen molar-refractivity contribution in [2.75, 3.05) is 6.61 Å². The summed E-state index contributed by atoms with van der Waals surface area (Å²) in [5, 5.41) is 0. The van der Waals surface area contributed by atoms with Crippen LogP contribution in [0.4, 0.5) is 70.2 Å². The predicted octanol–water partition coefficient (Wildman–Crippen LogP) is 5.86. The van der Waals surface area contributed by atoms with Crippen LogP contribution in [0.3, 0.4) is 0 Å². The fourth-order valence-electron chi connectivity index (χ4n) is 1.76. The second kappa shape index (κ2) is 7.80. The average Bonchev–Trinajstić information content (AvgIpc) is 2.49. The van der Waals surface area contributed by atoms with Crippen LogP contribution in [-0.4, -0.2) is 54.5 Å². The number of hydrogen-bond acceptors (Lipinski definition) is 2. The second-order valence-corrected chi connectivity index (χ2v) is 5.55. The van der Waals surface area contributed by atoms with Gasteiger partial charge in [0.25, 0.3) is 0 Å². The number of halogens is 16. The molecule has 0 aliphatic rings. The minimum absolute atomic E-state index is 0.784. The van der Waals surface area contributed by atoms with Gasteiger partial charge in [-0.2, -0.15) is 70.2 Å². The van der Waals surface area contributed by atoms with Crippen LogP contribution < -0.4 is 0 Å². The summed E-state index contributed by atoms with van der Waals surface area (Å²) in [5.41, 5.74) is 0. The number of hydrogen-bond donors (Lipinski definition) is 0. The number of carbonyl (C=O) groups excluding carboxylic acids is 1. The zero-order chi connectivity index (χ0) is 24.8. The van der Waals surface area contributed by atoms with E-state index < -0.39 is 66.9 Å². The molecule has 0 saturated carbocycles. The van der Waals surface area contributed by atoms with Crippen LogP contribution in [0.15, 0.2) is 0 Å². The first-order valence-electron chi connectivity index (χ1n) is 7.02. The fourth-order valence-corrected chi connectivity index (χ4v) is 1.76. The summed E-state index contributed by atoms with van der Waals surface area (Å²) in [6, 6.07) is 0. The van der Waals surface area contributed by atoms with E-state index in [4.69, 9.17) is 0 Å². The van der Waals surface area contributed by atoms with E-state index in [0.717, 1.165) is 6.92 Å². The number of esters is 1. The molecule has 0 heterocycles. The maximum atomic E-state index is 13.5. The lowest BCUT2D eigenvalue weighted by Crippen LogP contribution is -2.70. The van der Waals surface area contributed by atoms with Gasteiger partial charge in [0.05, 0.1) is 6.61 Å². The predicted molar refractivity (Wildman–Crippen MR) is 61.6 cm³/mol. The minimum Gasteiger partial charge on any atom is -0.466 e. The minimum atomic E-state index is -8.25. The molecule has 0 bridgehead atoms. The lowest BCUT2D eigenvalue weighted by atomic mass is 9.89. The average molecular weight is 488 g/mol. The topological polar surface area (TPSA) is 26.3 Å². The molecule has 180 valence electrons. The van der Waals surface area contributed by atoms with Gasteiger partial charge in [0.15, 0.2) is 5.92 Å². The molecule has 0 amide bonds. The molecule has 2 nitrogen and oxygen atoms in total. The van der Waals surface area contributed by atoms with Gasteiger partial charge < -0.3 is 4.74 Å². The van der Waals surface area contributed by atoms with E-state index in [0.29, 0.717) is 0 Å². The van der Waals surface area contributed by atoms with Crippen LogP contribution >= 0.6 is 0 Å². The Labute approximate surface area is 155 Å². The first kappa shape index (κ1) is 28.3. The quantitative estimate of drug-likeness (QED) is 0.316. The van der Waals surface area contributed by atoms with E-state index in [1.54, 1.807) is 0 Å². The number of carbonyl (C=O) groups is 1. The molecule has 0 aromatic heterocycles. The Morgan fingerprint density at radius 1 is 0.667 bits per heavy atom. The molecule has 0 spiro atoms. The van der Waals surface area contributed by atoms with Crippen molar-refractivity contribution in [1.82, 2.24) is 0 Å². The highest BCUT2D eigenvalue weighted by atomic mass is 19.4. The molecule has 1 unspecified atom stereocenters. The van der Waals surface area contributed by atoms with E-state index in [9.17, 15) is 75.0 Å². The van der Waals surface area contributed by atoms with Gasteiger partial charge in [-0.25, -0.2) is 0 Å². The summed E-state index contributed by atoms with van der Waals surface area (Å²) >= 11 is 0. The van der Waals surface area contributed by atoms with Crippen LogP contribution in [0.25, 0.3) is 0 Å². The van der Waals surface area contributed by atoms with Gasteiger partial charge in [0.2, 0.25) is 0 Å². The van der Waals surface area contributed by atoms with Crippen molar-refractivity contribution in [1.29, 1.82) is 0 Å². The molecule has 0 aliphatic heterocycles. The van der Waals surface area contributed by atoms with E-state index >= 15 is 0 Å². The zero-order valence-electron chi connectivity index (χ0n) is 13.9. The van der Waals surface area contributed by atoms with Crippen LogP contribution in [0, 0.1) is 5.92 Å². The number of rotatable bonds is 8. The first-order chi connectivity index (χ1) is 12.8. The lowest BCUT2D eigenvalue weighted by molar-refractivity contribution is -0.441. The van der Waals surface area contributed by atoms with E-state index in [1.165, 1.54) is 0 Å². The summed E-state index contributed by atoms with van der Waals surface area (Å²) in [4.78, 5) is 11.0. The Morgan fingerprint density at radius 3 is 1.33 bits per heavy atom. The van der Waals surface area contributed by atoms with Crippen LogP contribution in [0.1, 0.15) is 13.3 Å². The summed E-state index contributed by atoms with van der Waals surface area (Å²) in [6.45, 7) is -0.203. The lowest BCUT2D eigenvalue weighted by Gasteiger charge is -2.40. The Bertz CT molecular complexity index is 617.